The fraction of sp³-hybridized carbons (Fsp3) is 0.636. The fourth-order valence-corrected chi connectivity index (χ4v) is 2.70. The van der Waals surface area contributed by atoms with Crippen LogP contribution in [0.1, 0.15) is 13.8 Å². The van der Waals surface area contributed by atoms with Gasteiger partial charge in [0.25, 0.3) is 0 Å². The number of anilines is 2. The predicted octanol–water partition coefficient (Wildman–Crippen LogP) is 1.06. The molecule has 3 N–H and O–H groups in total. The largest absolute Gasteiger partial charge is 0.353 e. The Bertz CT molecular complexity index is 403. The van der Waals surface area contributed by atoms with Crippen LogP contribution in [0.2, 0.25) is 0 Å². The van der Waals surface area contributed by atoms with E-state index in [1.807, 2.05) is 0 Å². The second-order valence-electron chi connectivity index (χ2n) is 4.62. The van der Waals surface area contributed by atoms with Crippen molar-refractivity contribution in [2.45, 2.75) is 19.9 Å². The standard InChI is InChI=1S/C11H19BrN6/c1-8(2)17-3-5-18(6-4-17)11-9(12)10(16-13)14-7-15-11/h7-8H,3-6,13H2,1-2H3,(H,14,15,16). The molecule has 6 nitrogen and oxygen atoms in total. The van der Waals surface area contributed by atoms with E-state index in [9.17, 15) is 0 Å². The van der Waals surface area contributed by atoms with Gasteiger partial charge < -0.3 is 10.3 Å². The van der Waals surface area contributed by atoms with Crippen molar-refractivity contribution >= 4 is 27.6 Å². The molecule has 18 heavy (non-hydrogen) atoms. The number of hydrazine groups is 1. The second kappa shape index (κ2) is 5.81. The lowest BCUT2D eigenvalue weighted by molar-refractivity contribution is 0.209. The lowest BCUT2D eigenvalue weighted by Gasteiger charge is -2.37. The minimum atomic E-state index is 0.599. The van der Waals surface area contributed by atoms with Crippen LogP contribution < -0.4 is 16.2 Å². The highest BCUT2D eigenvalue weighted by atomic mass is 79.9. The topological polar surface area (TPSA) is 70.3 Å². The number of nitrogens with two attached hydrogens (primary N) is 1. The average molecular weight is 315 g/mol. The lowest BCUT2D eigenvalue weighted by Crippen LogP contribution is -2.49. The van der Waals surface area contributed by atoms with Gasteiger partial charge in [-0.3, -0.25) is 4.90 Å². The van der Waals surface area contributed by atoms with E-state index >= 15 is 0 Å². The Morgan fingerprint density at radius 3 is 2.50 bits per heavy atom. The van der Waals surface area contributed by atoms with Crippen molar-refractivity contribution < 1.29 is 0 Å². The van der Waals surface area contributed by atoms with Gasteiger partial charge in [0.15, 0.2) is 5.82 Å². The van der Waals surface area contributed by atoms with E-state index < -0.39 is 0 Å². The normalized spacial score (nSPS) is 17.3. The fourth-order valence-electron chi connectivity index (χ4n) is 2.13. The maximum atomic E-state index is 5.41. The van der Waals surface area contributed by atoms with Crippen molar-refractivity contribution in [1.82, 2.24) is 14.9 Å². The molecular formula is C11H19BrN6. The average Bonchev–Trinajstić information content (AvgIpc) is 2.39. The quantitative estimate of drug-likeness (QED) is 0.642. The first kappa shape index (κ1) is 13.5. The maximum absolute atomic E-state index is 5.41. The predicted molar refractivity (Wildman–Crippen MR) is 76.5 cm³/mol. The van der Waals surface area contributed by atoms with Gasteiger partial charge in [-0.25, -0.2) is 15.8 Å². The van der Waals surface area contributed by atoms with Crippen molar-refractivity contribution in [3.05, 3.63) is 10.8 Å². The summed E-state index contributed by atoms with van der Waals surface area (Å²) in [6.45, 7) is 8.51. The van der Waals surface area contributed by atoms with Crippen LogP contribution in [0.5, 0.6) is 0 Å². The van der Waals surface area contributed by atoms with Gasteiger partial charge in [-0.05, 0) is 29.8 Å². The number of nitrogens with one attached hydrogen (secondary N) is 1. The Morgan fingerprint density at radius 2 is 1.94 bits per heavy atom. The number of hydrogen-bond donors (Lipinski definition) is 2. The third-order valence-corrected chi connectivity index (χ3v) is 3.98. The Balaban J connectivity index is 2.10. The zero-order valence-corrected chi connectivity index (χ0v) is 12.3. The second-order valence-corrected chi connectivity index (χ2v) is 5.41. The van der Waals surface area contributed by atoms with Crippen LogP contribution in [0, 0.1) is 0 Å². The summed E-state index contributed by atoms with van der Waals surface area (Å²) in [6, 6.07) is 0.599. The monoisotopic (exact) mass is 314 g/mol. The Kier molecular flexibility index (Phi) is 4.36. The molecule has 0 amide bonds. The molecule has 0 aliphatic carbocycles. The van der Waals surface area contributed by atoms with Crippen LogP contribution >= 0.6 is 15.9 Å². The van der Waals surface area contributed by atoms with E-state index in [0.29, 0.717) is 11.9 Å². The molecule has 2 rings (SSSR count). The summed E-state index contributed by atoms with van der Waals surface area (Å²) < 4.78 is 0.825. The van der Waals surface area contributed by atoms with E-state index in [1.54, 1.807) is 0 Å². The Labute approximate surface area is 116 Å². The molecule has 1 aromatic rings. The summed E-state index contributed by atoms with van der Waals surface area (Å²) in [5.41, 5.74) is 2.57. The molecular weight excluding hydrogens is 296 g/mol. The highest BCUT2D eigenvalue weighted by Crippen LogP contribution is 2.29. The maximum Gasteiger partial charge on any atom is 0.159 e. The Morgan fingerprint density at radius 1 is 1.28 bits per heavy atom. The van der Waals surface area contributed by atoms with Gasteiger partial charge in [0.1, 0.15) is 16.6 Å². The molecule has 0 aromatic carbocycles. The molecule has 0 bridgehead atoms. The first-order valence-corrected chi connectivity index (χ1v) is 6.89. The van der Waals surface area contributed by atoms with Crippen LogP contribution in [-0.4, -0.2) is 47.1 Å². The van der Waals surface area contributed by atoms with Crippen molar-refractivity contribution in [2.24, 2.45) is 5.84 Å². The van der Waals surface area contributed by atoms with Gasteiger partial charge in [-0.15, -0.1) is 0 Å². The molecule has 1 aromatic heterocycles. The highest BCUT2D eigenvalue weighted by Gasteiger charge is 2.22. The molecule has 0 spiro atoms. The molecule has 0 radical (unpaired) electrons. The first-order chi connectivity index (χ1) is 8.63. The number of halogens is 1. The zero-order valence-electron chi connectivity index (χ0n) is 10.7. The molecule has 0 atom stereocenters. The molecule has 1 saturated heterocycles. The number of aromatic nitrogens is 2. The zero-order chi connectivity index (χ0) is 13.1. The third-order valence-electron chi connectivity index (χ3n) is 3.25. The minimum Gasteiger partial charge on any atom is -0.353 e. The molecule has 7 heteroatoms. The van der Waals surface area contributed by atoms with E-state index in [4.69, 9.17) is 5.84 Å². The smallest absolute Gasteiger partial charge is 0.159 e. The van der Waals surface area contributed by atoms with Crippen molar-refractivity contribution in [3.63, 3.8) is 0 Å². The lowest BCUT2D eigenvalue weighted by atomic mass is 10.2. The third kappa shape index (κ3) is 2.73. The van der Waals surface area contributed by atoms with E-state index in [1.165, 1.54) is 6.33 Å². The molecule has 0 unspecified atom stereocenters. The summed E-state index contributed by atoms with van der Waals surface area (Å²) in [7, 11) is 0. The van der Waals surface area contributed by atoms with Gasteiger partial charge in [0.2, 0.25) is 0 Å². The van der Waals surface area contributed by atoms with Crippen LogP contribution in [-0.2, 0) is 0 Å². The van der Waals surface area contributed by atoms with Crippen LogP contribution in [0.15, 0.2) is 10.8 Å². The van der Waals surface area contributed by atoms with E-state index in [2.05, 4.69) is 55.0 Å². The minimum absolute atomic E-state index is 0.599. The Hall–Kier alpha value is -0.920. The van der Waals surface area contributed by atoms with Gasteiger partial charge in [0.05, 0.1) is 0 Å². The van der Waals surface area contributed by atoms with E-state index in [-0.39, 0.29) is 0 Å². The van der Waals surface area contributed by atoms with Crippen molar-refractivity contribution in [3.8, 4) is 0 Å². The van der Waals surface area contributed by atoms with Crippen molar-refractivity contribution in [1.29, 1.82) is 0 Å². The van der Waals surface area contributed by atoms with Gasteiger partial charge in [-0.2, -0.15) is 0 Å². The van der Waals surface area contributed by atoms with E-state index in [0.717, 1.165) is 36.5 Å². The molecule has 2 heterocycles. The molecule has 100 valence electrons. The summed E-state index contributed by atoms with van der Waals surface area (Å²) in [4.78, 5) is 13.1. The number of piperazine rings is 1. The van der Waals surface area contributed by atoms with Crippen LogP contribution in [0.3, 0.4) is 0 Å². The molecule has 1 fully saturated rings. The molecule has 1 aliphatic rings. The number of hydrogen-bond acceptors (Lipinski definition) is 6. The molecule has 1 aliphatic heterocycles. The van der Waals surface area contributed by atoms with Gasteiger partial charge in [0, 0.05) is 32.2 Å². The van der Waals surface area contributed by atoms with Gasteiger partial charge in [-0.1, -0.05) is 0 Å². The van der Waals surface area contributed by atoms with Crippen LogP contribution in [0.25, 0.3) is 0 Å². The van der Waals surface area contributed by atoms with Crippen molar-refractivity contribution in [2.75, 3.05) is 36.5 Å². The number of nitrogens with zero attached hydrogens (tertiary/aromatic N) is 4. The summed E-state index contributed by atoms with van der Waals surface area (Å²) in [5.74, 6) is 6.93. The van der Waals surface area contributed by atoms with Gasteiger partial charge >= 0.3 is 0 Å². The SMILES string of the molecule is CC(C)N1CCN(c2ncnc(NN)c2Br)CC1. The number of rotatable bonds is 3. The first-order valence-electron chi connectivity index (χ1n) is 6.09. The summed E-state index contributed by atoms with van der Waals surface area (Å²) in [6.07, 6.45) is 1.53. The number of nitrogen functional groups attached to an aromatic ring is 1. The summed E-state index contributed by atoms with van der Waals surface area (Å²) >= 11 is 3.50. The highest BCUT2D eigenvalue weighted by molar-refractivity contribution is 9.10. The summed E-state index contributed by atoms with van der Waals surface area (Å²) in [5, 5.41) is 0. The molecule has 0 saturated carbocycles. The van der Waals surface area contributed by atoms with Crippen LogP contribution in [0.4, 0.5) is 11.6 Å².